The molecule has 0 spiro atoms. The number of hydrogen-bond donors (Lipinski definition) is 2. The van der Waals surface area contributed by atoms with E-state index < -0.39 is 11.6 Å². The smallest absolute Gasteiger partial charge is 0.238 e. The van der Waals surface area contributed by atoms with E-state index in [1.807, 2.05) is 62.4 Å². The van der Waals surface area contributed by atoms with Crippen LogP contribution in [-0.4, -0.2) is 40.7 Å². The Bertz CT molecular complexity index is 911. The van der Waals surface area contributed by atoms with Gasteiger partial charge in [0.15, 0.2) is 5.72 Å². The first-order valence-electron chi connectivity index (χ1n) is 9.51. The second-order valence-electron chi connectivity index (χ2n) is 7.67. The molecule has 28 heavy (non-hydrogen) atoms. The van der Waals surface area contributed by atoms with Gasteiger partial charge in [0.2, 0.25) is 11.8 Å². The first-order valence-corrected chi connectivity index (χ1v) is 9.51. The van der Waals surface area contributed by atoms with E-state index in [1.165, 1.54) is 4.90 Å². The summed E-state index contributed by atoms with van der Waals surface area (Å²) >= 11 is 0. The van der Waals surface area contributed by atoms with Crippen LogP contribution in [0, 0.1) is 12.8 Å². The molecule has 1 saturated heterocycles. The average Bonchev–Trinajstić information content (AvgIpc) is 2.67. The van der Waals surface area contributed by atoms with Crippen LogP contribution in [0.2, 0.25) is 0 Å². The van der Waals surface area contributed by atoms with E-state index in [9.17, 15) is 14.7 Å². The molecule has 6 heteroatoms. The number of amides is 2. The molecule has 3 atom stereocenters. The number of anilines is 1. The summed E-state index contributed by atoms with van der Waals surface area (Å²) in [5, 5.41) is 12.4. The topological polar surface area (TPSA) is 78.9 Å². The number of piperidine rings is 1. The Labute approximate surface area is 164 Å². The molecule has 0 saturated carbocycles. The van der Waals surface area contributed by atoms with E-state index in [4.69, 9.17) is 4.74 Å². The highest BCUT2D eigenvalue weighted by Gasteiger charge is 2.55. The van der Waals surface area contributed by atoms with Gasteiger partial charge in [0, 0.05) is 24.6 Å². The molecule has 2 aromatic carbocycles. The van der Waals surface area contributed by atoms with Crippen LogP contribution in [0.25, 0.3) is 0 Å². The van der Waals surface area contributed by atoms with Crippen molar-refractivity contribution in [3.05, 3.63) is 59.7 Å². The molecule has 2 aromatic rings. The van der Waals surface area contributed by atoms with Crippen molar-refractivity contribution in [2.24, 2.45) is 5.92 Å². The number of β-amino-alcohol motifs (C(OH)–C–C–N with tert-alkyl or cyclic N) is 1. The fourth-order valence-electron chi connectivity index (χ4n) is 4.31. The first kappa shape index (κ1) is 18.5. The molecule has 0 radical (unpaired) electrons. The van der Waals surface area contributed by atoms with Crippen LogP contribution >= 0.6 is 0 Å². The van der Waals surface area contributed by atoms with Crippen molar-refractivity contribution in [2.75, 3.05) is 18.5 Å². The predicted octanol–water partition coefficient (Wildman–Crippen LogP) is 2.67. The van der Waals surface area contributed by atoms with Crippen molar-refractivity contribution in [3.63, 3.8) is 0 Å². The zero-order valence-corrected chi connectivity index (χ0v) is 16.0. The lowest BCUT2D eigenvalue weighted by Gasteiger charge is -2.52. The molecule has 2 heterocycles. The number of nitrogens with zero attached hydrogens (tertiary/aromatic N) is 1. The van der Waals surface area contributed by atoms with Crippen molar-refractivity contribution in [1.29, 1.82) is 0 Å². The van der Waals surface area contributed by atoms with Gasteiger partial charge < -0.3 is 20.1 Å². The maximum atomic E-state index is 13.3. The summed E-state index contributed by atoms with van der Waals surface area (Å²) in [7, 11) is 0. The number of aliphatic hydroxyl groups is 1. The van der Waals surface area contributed by atoms with Gasteiger partial charge in [0.25, 0.3) is 0 Å². The fourth-order valence-corrected chi connectivity index (χ4v) is 4.31. The molecule has 2 N–H and O–H groups in total. The average molecular weight is 380 g/mol. The molecule has 6 nitrogen and oxygen atoms in total. The minimum absolute atomic E-state index is 0.124. The van der Waals surface area contributed by atoms with E-state index in [0.29, 0.717) is 17.9 Å². The highest BCUT2D eigenvalue weighted by Crippen LogP contribution is 2.50. The normalized spacial score (nSPS) is 25.7. The van der Waals surface area contributed by atoms with Crippen molar-refractivity contribution < 1.29 is 19.4 Å². The van der Waals surface area contributed by atoms with E-state index >= 15 is 0 Å². The summed E-state index contributed by atoms with van der Waals surface area (Å²) < 4.78 is 6.15. The molecule has 2 amide bonds. The Morgan fingerprint density at radius 2 is 1.96 bits per heavy atom. The quantitative estimate of drug-likeness (QED) is 0.800. The Morgan fingerprint density at radius 3 is 2.68 bits per heavy atom. The number of hydrogen-bond acceptors (Lipinski definition) is 4. The Morgan fingerprint density at radius 1 is 1.25 bits per heavy atom. The van der Waals surface area contributed by atoms with Gasteiger partial charge in [-0.3, -0.25) is 9.59 Å². The van der Waals surface area contributed by atoms with Crippen LogP contribution < -0.4 is 10.1 Å². The van der Waals surface area contributed by atoms with Gasteiger partial charge in [0.05, 0.1) is 6.61 Å². The molecular weight excluding hydrogens is 356 g/mol. The summed E-state index contributed by atoms with van der Waals surface area (Å²) in [6.07, 6.45) is 0.502. The standard InChI is InChI=1S/C22H24N2O4/c1-14-7-9-15(10-8-14)23-20(26)19-17-13-22(2,24(11-12-25)21(19)27)28-18-6-4-3-5-16(17)18/h3-10,17,19,25H,11-13H2,1-2H3,(H,23,26)/t17-,19+,22-/m0/s1. The summed E-state index contributed by atoms with van der Waals surface area (Å²) in [6.45, 7) is 3.75. The maximum Gasteiger partial charge on any atom is 0.238 e. The van der Waals surface area contributed by atoms with Crippen LogP contribution in [0.1, 0.15) is 30.4 Å². The Hall–Kier alpha value is -2.86. The van der Waals surface area contributed by atoms with Gasteiger partial charge in [-0.2, -0.15) is 0 Å². The molecule has 2 bridgehead atoms. The molecule has 2 aliphatic heterocycles. The number of benzene rings is 2. The highest BCUT2D eigenvalue weighted by atomic mass is 16.5. The minimum Gasteiger partial charge on any atom is -0.468 e. The van der Waals surface area contributed by atoms with Crippen molar-refractivity contribution in [3.8, 4) is 5.75 Å². The van der Waals surface area contributed by atoms with Crippen LogP contribution in [0.4, 0.5) is 5.69 Å². The third-order valence-corrected chi connectivity index (χ3v) is 5.68. The summed E-state index contributed by atoms with van der Waals surface area (Å²) in [5.74, 6) is -1.11. The molecule has 0 aliphatic carbocycles. The molecular formula is C22H24N2O4. The third-order valence-electron chi connectivity index (χ3n) is 5.68. The van der Waals surface area contributed by atoms with Gasteiger partial charge in [-0.15, -0.1) is 0 Å². The van der Waals surface area contributed by atoms with Gasteiger partial charge in [-0.05, 0) is 37.6 Å². The monoisotopic (exact) mass is 380 g/mol. The van der Waals surface area contributed by atoms with Gasteiger partial charge in [-0.25, -0.2) is 0 Å². The Balaban J connectivity index is 1.72. The largest absolute Gasteiger partial charge is 0.468 e. The zero-order chi connectivity index (χ0) is 19.9. The number of ether oxygens (including phenoxy) is 1. The van der Waals surface area contributed by atoms with Crippen LogP contribution in [0.3, 0.4) is 0 Å². The van der Waals surface area contributed by atoms with Gasteiger partial charge >= 0.3 is 0 Å². The number of fused-ring (bicyclic) bond motifs is 4. The third kappa shape index (κ3) is 3.03. The number of carbonyl (C=O) groups excluding carboxylic acids is 2. The maximum absolute atomic E-state index is 13.3. The van der Waals surface area contributed by atoms with Gasteiger partial charge in [-0.1, -0.05) is 35.9 Å². The lowest BCUT2D eigenvalue weighted by Crippen LogP contribution is -2.64. The fraction of sp³-hybridized carbons (Fsp3) is 0.364. The van der Waals surface area contributed by atoms with Crippen molar-refractivity contribution in [1.82, 2.24) is 4.90 Å². The predicted molar refractivity (Wildman–Crippen MR) is 105 cm³/mol. The van der Waals surface area contributed by atoms with Gasteiger partial charge in [0.1, 0.15) is 11.7 Å². The van der Waals surface area contributed by atoms with E-state index in [2.05, 4.69) is 5.32 Å². The summed E-state index contributed by atoms with van der Waals surface area (Å²) in [6, 6.07) is 15.0. The summed E-state index contributed by atoms with van der Waals surface area (Å²) in [5.41, 5.74) is 1.75. The second kappa shape index (κ2) is 6.95. The lowest BCUT2D eigenvalue weighted by molar-refractivity contribution is -0.176. The van der Waals surface area contributed by atoms with E-state index in [-0.39, 0.29) is 30.9 Å². The first-order chi connectivity index (χ1) is 13.4. The number of carbonyl (C=O) groups is 2. The summed E-state index contributed by atoms with van der Waals surface area (Å²) in [4.78, 5) is 28.0. The highest BCUT2D eigenvalue weighted by molar-refractivity contribution is 6.08. The van der Waals surface area contributed by atoms with Crippen LogP contribution in [-0.2, 0) is 9.59 Å². The number of aliphatic hydroxyl groups excluding tert-OH is 1. The molecule has 0 aromatic heterocycles. The van der Waals surface area contributed by atoms with E-state index in [1.54, 1.807) is 0 Å². The number of nitrogens with one attached hydrogen (secondary N) is 1. The number of likely N-dealkylation sites (tertiary alicyclic amines) is 1. The number of rotatable bonds is 4. The molecule has 146 valence electrons. The molecule has 1 fully saturated rings. The molecule has 0 unspecified atom stereocenters. The zero-order valence-electron chi connectivity index (χ0n) is 16.0. The Kier molecular flexibility index (Phi) is 4.59. The minimum atomic E-state index is -0.876. The second-order valence-corrected chi connectivity index (χ2v) is 7.67. The molecule has 2 aliphatic rings. The SMILES string of the molecule is Cc1ccc(NC(=O)[C@@H]2C(=O)N(CCO)[C@]3(C)C[C@H]2c2ccccc2O3)cc1. The van der Waals surface area contributed by atoms with Crippen LogP contribution in [0.15, 0.2) is 48.5 Å². The van der Waals surface area contributed by atoms with Crippen molar-refractivity contribution in [2.45, 2.75) is 31.9 Å². The number of para-hydroxylation sites is 1. The molecule has 4 rings (SSSR count). The van der Waals surface area contributed by atoms with Crippen LogP contribution in [0.5, 0.6) is 5.75 Å². The van der Waals surface area contributed by atoms with Crippen molar-refractivity contribution >= 4 is 17.5 Å². The van der Waals surface area contributed by atoms with E-state index in [0.717, 1.165) is 11.1 Å². The lowest BCUT2D eigenvalue weighted by atomic mass is 9.73. The number of aryl methyl sites for hydroxylation is 1.